The van der Waals surface area contributed by atoms with Crippen LogP contribution in [0.25, 0.3) is 0 Å². The first kappa shape index (κ1) is 11.8. The summed E-state index contributed by atoms with van der Waals surface area (Å²) in [6, 6.07) is 8.25. The summed E-state index contributed by atoms with van der Waals surface area (Å²) in [4.78, 5) is 12.8. The number of carbonyl (C=O) groups is 1. The van der Waals surface area contributed by atoms with Gasteiger partial charge in [0.25, 0.3) is 0 Å². The van der Waals surface area contributed by atoms with Gasteiger partial charge in [-0.25, -0.2) is 0 Å². The largest absolute Gasteiger partial charge is 0.372 e. The molecule has 0 heterocycles. The highest BCUT2D eigenvalue weighted by Crippen LogP contribution is 2.17. The lowest BCUT2D eigenvalue weighted by molar-refractivity contribution is 0.112. The molecule has 0 aliphatic carbocycles. The molecule has 0 saturated carbocycles. The number of anilines is 1. The van der Waals surface area contributed by atoms with Gasteiger partial charge in [-0.05, 0) is 37.6 Å². The Balaban J connectivity index is 2.73. The Bertz CT molecular complexity index is 305. The zero-order valence-corrected chi connectivity index (χ0v) is 9.73. The van der Waals surface area contributed by atoms with Crippen LogP contribution in [0.4, 0.5) is 5.69 Å². The molecule has 15 heavy (non-hydrogen) atoms. The van der Waals surface area contributed by atoms with Gasteiger partial charge in [-0.3, -0.25) is 4.79 Å². The van der Waals surface area contributed by atoms with Crippen LogP contribution in [0.3, 0.4) is 0 Å². The third-order valence-electron chi connectivity index (χ3n) is 2.80. The third-order valence-corrected chi connectivity index (χ3v) is 2.80. The number of aldehydes is 1. The summed E-state index contributed by atoms with van der Waals surface area (Å²) in [5.74, 6) is 0. The second kappa shape index (κ2) is 5.54. The molecule has 1 rings (SSSR count). The average molecular weight is 205 g/mol. The molecular formula is C13H19NO. The molecule has 0 amide bonds. The van der Waals surface area contributed by atoms with Crippen molar-refractivity contribution in [1.29, 1.82) is 0 Å². The highest BCUT2D eigenvalue weighted by Gasteiger charge is 2.08. The van der Waals surface area contributed by atoms with E-state index in [-0.39, 0.29) is 0 Å². The number of benzene rings is 1. The monoisotopic (exact) mass is 205 g/mol. The minimum absolute atomic E-state index is 0.539. The van der Waals surface area contributed by atoms with Crippen LogP contribution in [-0.2, 0) is 0 Å². The van der Waals surface area contributed by atoms with Gasteiger partial charge in [0.1, 0.15) is 6.29 Å². The van der Waals surface area contributed by atoms with Crippen molar-refractivity contribution < 1.29 is 4.79 Å². The molecule has 0 spiro atoms. The topological polar surface area (TPSA) is 20.3 Å². The van der Waals surface area contributed by atoms with Gasteiger partial charge >= 0.3 is 0 Å². The molecule has 0 N–H and O–H groups in total. The molecule has 2 nitrogen and oxygen atoms in total. The highest BCUT2D eigenvalue weighted by atomic mass is 16.1. The third kappa shape index (κ3) is 3.08. The molecule has 1 atom stereocenters. The molecule has 0 aliphatic heterocycles. The second-order valence-electron chi connectivity index (χ2n) is 3.96. The molecule has 0 saturated heterocycles. The van der Waals surface area contributed by atoms with Crippen LogP contribution in [0, 0.1) is 0 Å². The van der Waals surface area contributed by atoms with Crippen molar-refractivity contribution in [2.45, 2.75) is 32.7 Å². The molecule has 2 heteroatoms. The molecule has 1 unspecified atom stereocenters. The number of nitrogens with zero attached hydrogens (tertiary/aromatic N) is 1. The van der Waals surface area contributed by atoms with Gasteiger partial charge in [0.05, 0.1) is 0 Å². The lowest BCUT2D eigenvalue weighted by Gasteiger charge is -2.26. The maximum absolute atomic E-state index is 10.5. The van der Waals surface area contributed by atoms with E-state index in [0.717, 1.165) is 11.8 Å². The van der Waals surface area contributed by atoms with Crippen LogP contribution in [0.5, 0.6) is 0 Å². The van der Waals surface area contributed by atoms with Gasteiger partial charge in [0, 0.05) is 24.3 Å². The van der Waals surface area contributed by atoms with Gasteiger partial charge in [-0.2, -0.15) is 0 Å². The molecule has 0 aliphatic rings. The Morgan fingerprint density at radius 3 is 2.40 bits per heavy atom. The van der Waals surface area contributed by atoms with Crippen molar-refractivity contribution >= 4 is 12.0 Å². The summed E-state index contributed by atoms with van der Waals surface area (Å²) in [6.07, 6.45) is 3.25. The van der Waals surface area contributed by atoms with Crippen LogP contribution in [-0.4, -0.2) is 19.4 Å². The minimum atomic E-state index is 0.539. The lowest BCUT2D eigenvalue weighted by Crippen LogP contribution is -2.28. The van der Waals surface area contributed by atoms with Crippen LogP contribution < -0.4 is 4.90 Å². The maximum Gasteiger partial charge on any atom is 0.150 e. The zero-order valence-electron chi connectivity index (χ0n) is 9.73. The van der Waals surface area contributed by atoms with Crippen molar-refractivity contribution in [3.05, 3.63) is 29.8 Å². The first-order valence-electron chi connectivity index (χ1n) is 5.47. The van der Waals surface area contributed by atoms with Crippen LogP contribution in [0.1, 0.15) is 37.0 Å². The summed E-state index contributed by atoms with van der Waals surface area (Å²) in [6.45, 7) is 4.41. The Morgan fingerprint density at radius 1 is 1.33 bits per heavy atom. The molecule has 0 bridgehead atoms. The Kier molecular flexibility index (Phi) is 4.35. The molecule has 0 radical (unpaired) electrons. The van der Waals surface area contributed by atoms with E-state index in [9.17, 15) is 4.79 Å². The van der Waals surface area contributed by atoms with Crippen LogP contribution >= 0.6 is 0 Å². The van der Waals surface area contributed by atoms with Crippen LogP contribution in [0.15, 0.2) is 24.3 Å². The molecule has 0 fully saturated rings. The van der Waals surface area contributed by atoms with Crippen LogP contribution in [0.2, 0.25) is 0 Å². The fraction of sp³-hybridized carbons (Fsp3) is 0.462. The number of rotatable bonds is 5. The van der Waals surface area contributed by atoms with E-state index >= 15 is 0 Å². The second-order valence-corrected chi connectivity index (χ2v) is 3.96. The minimum Gasteiger partial charge on any atom is -0.372 e. The molecule has 0 aromatic heterocycles. The first-order chi connectivity index (χ1) is 7.19. The van der Waals surface area contributed by atoms with E-state index in [0.29, 0.717) is 6.04 Å². The first-order valence-corrected chi connectivity index (χ1v) is 5.47. The van der Waals surface area contributed by atoms with E-state index in [4.69, 9.17) is 0 Å². The van der Waals surface area contributed by atoms with E-state index in [1.165, 1.54) is 18.5 Å². The smallest absolute Gasteiger partial charge is 0.150 e. The Hall–Kier alpha value is -1.31. The van der Waals surface area contributed by atoms with Crippen molar-refractivity contribution in [3.63, 3.8) is 0 Å². The fourth-order valence-corrected chi connectivity index (χ4v) is 1.65. The normalized spacial score (nSPS) is 12.2. The molecule has 82 valence electrons. The number of hydrogen-bond donors (Lipinski definition) is 0. The van der Waals surface area contributed by atoms with Crippen molar-refractivity contribution in [2.24, 2.45) is 0 Å². The van der Waals surface area contributed by atoms with Gasteiger partial charge in [0.15, 0.2) is 0 Å². The summed E-state index contributed by atoms with van der Waals surface area (Å²) in [7, 11) is 2.09. The SMILES string of the molecule is CCCC(C)N(C)c1ccc(C=O)cc1. The molecule has 1 aromatic rings. The maximum atomic E-state index is 10.5. The number of hydrogen-bond acceptors (Lipinski definition) is 2. The predicted octanol–water partition coefficient (Wildman–Crippen LogP) is 3.12. The quantitative estimate of drug-likeness (QED) is 0.688. The molecular weight excluding hydrogens is 186 g/mol. The number of carbonyl (C=O) groups excluding carboxylic acids is 1. The van der Waals surface area contributed by atoms with Gasteiger partial charge in [-0.1, -0.05) is 13.3 Å². The van der Waals surface area contributed by atoms with Crippen molar-refractivity contribution in [2.75, 3.05) is 11.9 Å². The average Bonchev–Trinajstić information content (AvgIpc) is 2.28. The summed E-state index contributed by atoms with van der Waals surface area (Å²) in [5, 5.41) is 0. The zero-order chi connectivity index (χ0) is 11.3. The highest BCUT2D eigenvalue weighted by molar-refractivity contribution is 5.75. The predicted molar refractivity (Wildman–Crippen MR) is 64.6 cm³/mol. The Labute approximate surface area is 91.9 Å². The van der Waals surface area contributed by atoms with Crippen molar-refractivity contribution in [3.8, 4) is 0 Å². The van der Waals surface area contributed by atoms with E-state index in [1.807, 2.05) is 24.3 Å². The summed E-state index contributed by atoms with van der Waals surface area (Å²) in [5.41, 5.74) is 1.90. The Morgan fingerprint density at radius 2 is 1.93 bits per heavy atom. The van der Waals surface area contributed by atoms with E-state index in [1.54, 1.807) is 0 Å². The summed E-state index contributed by atoms with van der Waals surface area (Å²) < 4.78 is 0. The van der Waals surface area contributed by atoms with Crippen molar-refractivity contribution in [1.82, 2.24) is 0 Å². The van der Waals surface area contributed by atoms with Gasteiger partial charge in [-0.15, -0.1) is 0 Å². The van der Waals surface area contributed by atoms with Gasteiger partial charge in [0.2, 0.25) is 0 Å². The van der Waals surface area contributed by atoms with E-state index < -0.39 is 0 Å². The lowest BCUT2D eigenvalue weighted by atomic mass is 10.1. The summed E-state index contributed by atoms with van der Waals surface area (Å²) >= 11 is 0. The molecule has 1 aromatic carbocycles. The standard InChI is InChI=1S/C13H19NO/c1-4-5-11(2)14(3)13-8-6-12(10-15)7-9-13/h6-11H,4-5H2,1-3H3. The fourth-order valence-electron chi connectivity index (χ4n) is 1.65. The van der Waals surface area contributed by atoms with Gasteiger partial charge < -0.3 is 4.90 Å². The van der Waals surface area contributed by atoms with E-state index in [2.05, 4.69) is 25.8 Å².